The predicted molar refractivity (Wildman–Crippen MR) is 117 cm³/mol. The van der Waals surface area contributed by atoms with Crippen molar-refractivity contribution in [3.05, 3.63) is 59.5 Å². The van der Waals surface area contributed by atoms with Gasteiger partial charge in [0, 0.05) is 35.9 Å². The van der Waals surface area contributed by atoms with E-state index in [4.69, 9.17) is 0 Å². The van der Waals surface area contributed by atoms with Gasteiger partial charge in [0.05, 0.1) is 5.69 Å². The predicted octanol–water partition coefficient (Wildman–Crippen LogP) is 4.72. The van der Waals surface area contributed by atoms with E-state index in [1.165, 1.54) is 17.5 Å². The van der Waals surface area contributed by atoms with E-state index in [0.29, 0.717) is 5.69 Å². The van der Waals surface area contributed by atoms with Crippen LogP contribution < -0.4 is 10.0 Å². The summed E-state index contributed by atoms with van der Waals surface area (Å²) in [5, 5.41) is 17.4. The number of aryl methyl sites for hydroxylation is 1. The number of aromatic nitrogens is 3. The van der Waals surface area contributed by atoms with E-state index in [9.17, 15) is 10.1 Å². The lowest BCUT2D eigenvalue weighted by molar-refractivity contribution is 0.257. The Bertz CT molecular complexity index is 1130. The Labute approximate surface area is 179 Å². The molecule has 0 aliphatic heterocycles. The summed E-state index contributed by atoms with van der Waals surface area (Å²) < 4.78 is 4.67. The van der Waals surface area contributed by atoms with Crippen molar-refractivity contribution >= 4 is 23.7 Å². The first-order chi connectivity index (χ1) is 14.5. The van der Waals surface area contributed by atoms with Gasteiger partial charge in [0.15, 0.2) is 0 Å². The summed E-state index contributed by atoms with van der Waals surface area (Å²) in [6.45, 7) is 4.10. The number of pyridine rings is 1. The number of nitrogens with zero attached hydrogens (tertiary/aromatic N) is 4. The third kappa shape index (κ3) is 4.16. The zero-order chi connectivity index (χ0) is 21.1. The van der Waals surface area contributed by atoms with Crippen LogP contribution >= 0.6 is 11.9 Å². The van der Waals surface area contributed by atoms with Crippen LogP contribution in [0.3, 0.4) is 0 Å². The number of rotatable bonds is 5. The fourth-order valence-electron chi connectivity index (χ4n) is 3.61. The van der Waals surface area contributed by atoms with Crippen LogP contribution in [0.15, 0.2) is 47.8 Å². The highest BCUT2D eigenvalue weighted by Crippen LogP contribution is 2.37. The maximum atomic E-state index is 12.7. The topological polar surface area (TPSA) is 95.6 Å². The van der Waals surface area contributed by atoms with Gasteiger partial charge in [-0.05, 0) is 68.0 Å². The first-order valence-corrected chi connectivity index (χ1v) is 10.7. The summed E-state index contributed by atoms with van der Waals surface area (Å²) in [5.41, 5.74) is 5.30. The summed E-state index contributed by atoms with van der Waals surface area (Å²) in [7, 11) is 0. The number of hydrogen-bond donors (Lipinski definition) is 2. The highest BCUT2D eigenvalue weighted by molar-refractivity contribution is 7.97. The lowest BCUT2D eigenvalue weighted by Gasteiger charge is -2.16. The van der Waals surface area contributed by atoms with Gasteiger partial charge >= 0.3 is 6.03 Å². The molecule has 0 unspecified atom stereocenters. The number of carbonyl (C=O) groups excluding carboxylic acids is 1. The van der Waals surface area contributed by atoms with Crippen molar-refractivity contribution in [3.63, 3.8) is 0 Å². The maximum absolute atomic E-state index is 12.7. The van der Waals surface area contributed by atoms with Gasteiger partial charge in [-0.3, -0.25) is 9.40 Å². The molecule has 3 aromatic rings. The van der Waals surface area contributed by atoms with Crippen molar-refractivity contribution in [2.75, 3.05) is 5.32 Å². The summed E-state index contributed by atoms with van der Waals surface area (Å²) >= 11 is 1.18. The SMILES string of the molecule is CC(C)n1ccc(SNC(=O)Nc2c(-c3ccnc(C#N)c3)ccc3c2CCC3)n1. The summed E-state index contributed by atoms with van der Waals surface area (Å²) in [5.74, 6) is 0. The number of carbonyl (C=O) groups is 1. The van der Waals surface area contributed by atoms with E-state index >= 15 is 0 Å². The van der Waals surface area contributed by atoms with Crippen LogP contribution in [0.5, 0.6) is 0 Å². The molecule has 1 aromatic carbocycles. The monoisotopic (exact) mass is 418 g/mol. The Morgan fingerprint density at radius 1 is 1.27 bits per heavy atom. The van der Waals surface area contributed by atoms with Crippen LogP contribution in [0.2, 0.25) is 0 Å². The van der Waals surface area contributed by atoms with Gasteiger partial charge in [-0.25, -0.2) is 9.78 Å². The second-order valence-corrected chi connectivity index (χ2v) is 8.23. The zero-order valence-corrected chi connectivity index (χ0v) is 17.7. The minimum absolute atomic E-state index is 0.265. The molecule has 0 radical (unpaired) electrons. The second-order valence-electron chi connectivity index (χ2n) is 7.41. The third-order valence-corrected chi connectivity index (χ3v) is 5.78. The number of nitrogens with one attached hydrogen (secondary N) is 2. The Morgan fingerprint density at radius 2 is 2.13 bits per heavy atom. The second kappa shape index (κ2) is 8.59. The summed E-state index contributed by atoms with van der Waals surface area (Å²) in [4.78, 5) is 16.7. The summed E-state index contributed by atoms with van der Waals surface area (Å²) in [6, 6.07) is 11.6. The first kappa shape index (κ1) is 20.0. The minimum Gasteiger partial charge on any atom is -0.306 e. The maximum Gasteiger partial charge on any atom is 0.329 e. The van der Waals surface area contributed by atoms with Crippen LogP contribution in [0.4, 0.5) is 10.5 Å². The van der Waals surface area contributed by atoms with E-state index in [1.54, 1.807) is 12.3 Å². The van der Waals surface area contributed by atoms with Gasteiger partial charge in [0.25, 0.3) is 0 Å². The lowest BCUT2D eigenvalue weighted by Crippen LogP contribution is -2.24. The van der Waals surface area contributed by atoms with Crippen molar-refractivity contribution in [1.29, 1.82) is 5.26 Å². The number of nitriles is 1. The number of hydrogen-bond acceptors (Lipinski definition) is 5. The third-order valence-electron chi connectivity index (χ3n) is 5.07. The molecule has 2 heterocycles. The van der Waals surface area contributed by atoms with Gasteiger partial charge in [0.2, 0.25) is 0 Å². The van der Waals surface area contributed by atoms with Gasteiger partial charge in [-0.15, -0.1) is 0 Å². The molecular formula is C22H22N6OS. The highest BCUT2D eigenvalue weighted by atomic mass is 32.2. The van der Waals surface area contributed by atoms with Gasteiger partial charge in [-0.2, -0.15) is 10.4 Å². The van der Waals surface area contributed by atoms with Crippen molar-refractivity contribution < 1.29 is 4.79 Å². The summed E-state index contributed by atoms with van der Waals surface area (Å²) in [6.07, 6.45) is 6.50. The number of urea groups is 1. The van der Waals surface area contributed by atoms with Gasteiger partial charge in [-0.1, -0.05) is 12.1 Å². The standard InChI is InChI=1S/C22H22N6OS/c1-14(2)28-11-9-20(26-28)30-27-22(29)25-21-18-5-3-4-15(18)6-7-19(21)16-8-10-24-17(12-16)13-23/h6-12,14H,3-5H2,1-2H3,(H2,25,27,29). The average molecular weight is 419 g/mol. The molecule has 2 N–H and O–H groups in total. The minimum atomic E-state index is -0.310. The fourth-order valence-corrected chi connectivity index (χ4v) is 4.12. The Balaban J connectivity index is 1.57. The normalized spacial score (nSPS) is 12.5. The van der Waals surface area contributed by atoms with E-state index < -0.39 is 0 Å². The van der Waals surface area contributed by atoms with Crippen LogP contribution in [0, 0.1) is 11.3 Å². The Kier molecular flexibility index (Phi) is 5.72. The molecule has 2 aromatic heterocycles. The van der Waals surface area contributed by atoms with Crippen LogP contribution in [-0.4, -0.2) is 20.8 Å². The van der Waals surface area contributed by atoms with Gasteiger partial charge < -0.3 is 5.32 Å². The molecule has 0 spiro atoms. The van der Waals surface area contributed by atoms with E-state index in [1.807, 2.05) is 29.1 Å². The lowest BCUT2D eigenvalue weighted by atomic mass is 9.97. The molecule has 0 bridgehead atoms. The molecule has 0 saturated heterocycles. The average Bonchev–Trinajstić information content (AvgIpc) is 3.42. The van der Waals surface area contributed by atoms with E-state index in [2.05, 4.69) is 46.1 Å². The van der Waals surface area contributed by atoms with E-state index in [-0.39, 0.29) is 12.1 Å². The molecule has 1 aliphatic carbocycles. The molecule has 1 aliphatic rings. The molecule has 30 heavy (non-hydrogen) atoms. The smallest absolute Gasteiger partial charge is 0.306 e. The van der Waals surface area contributed by atoms with Crippen LogP contribution in [0.1, 0.15) is 43.1 Å². The van der Waals surface area contributed by atoms with Crippen molar-refractivity contribution in [2.45, 2.75) is 44.2 Å². The number of benzene rings is 1. The molecule has 0 saturated carbocycles. The van der Waals surface area contributed by atoms with E-state index in [0.717, 1.165) is 46.7 Å². The fraction of sp³-hybridized carbons (Fsp3) is 0.273. The number of amides is 2. The van der Waals surface area contributed by atoms with Gasteiger partial charge in [0.1, 0.15) is 16.8 Å². The zero-order valence-electron chi connectivity index (χ0n) is 16.8. The molecule has 0 fully saturated rings. The van der Waals surface area contributed by atoms with Crippen molar-refractivity contribution in [1.82, 2.24) is 19.5 Å². The molecular weight excluding hydrogens is 396 g/mol. The molecule has 152 valence electrons. The Hall–Kier alpha value is -3.31. The number of fused-ring (bicyclic) bond motifs is 1. The largest absolute Gasteiger partial charge is 0.329 e. The van der Waals surface area contributed by atoms with Crippen LogP contribution in [0.25, 0.3) is 11.1 Å². The first-order valence-electron chi connectivity index (χ1n) is 9.85. The van der Waals surface area contributed by atoms with Crippen LogP contribution in [-0.2, 0) is 12.8 Å². The molecule has 8 heteroatoms. The quantitative estimate of drug-likeness (QED) is 0.585. The molecule has 2 amide bonds. The Morgan fingerprint density at radius 3 is 2.90 bits per heavy atom. The highest BCUT2D eigenvalue weighted by Gasteiger charge is 2.20. The van der Waals surface area contributed by atoms with Crippen molar-refractivity contribution in [3.8, 4) is 17.2 Å². The molecule has 7 nitrogen and oxygen atoms in total. The van der Waals surface area contributed by atoms with Crippen molar-refractivity contribution in [2.24, 2.45) is 0 Å². The molecule has 4 rings (SSSR count). The molecule has 0 atom stereocenters. The number of anilines is 1.